The highest BCUT2D eigenvalue weighted by atomic mass is 35.5. The van der Waals surface area contributed by atoms with Crippen molar-refractivity contribution in [1.82, 2.24) is 0 Å². The van der Waals surface area contributed by atoms with E-state index in [0.717, 1.165) is 0 Å². The quantitative estimate of drug-likeness (QED) is 0.533. The van der Waals surface area contributed by atoms with E-state index in [1.165, 1.54) is 13.2 Å². The highest BCUT2D eigenvalue weighted by molar-refractivity contribution is 6.32. The maximum Gasteiger partial charge on any atom is 0.331 e. The molecule has 0 aliphatic heterocycles. The van der Waals surface area contributed by atoms with Crippen LogP contribution >= 0.6 is 11.6 Å². The highest BCUT2D eigenvalue weighted by Gasteiger charge is 2.11. The Bertz CT molecular complexity index is 855. The third-order valence-electron chi connectivity index (χ3n) is 3.46. The van der Waals surface area contributed by atoms with Crippen LogP contribution in [0.1, 0.15) is 23.6 Å². The van der Waals surface area contributed by atoms with Gasteiger partial charge in [0.15, 0.2) is 11.5 Å². The number of carbonyl (C=O) groups is 1. The molecule has 0 aliphatic rings. The molecule has 26 heavy (non-hydrogen) atoms. The number of nitriles is 1. The molecule has 0 N–H and O–H groups in total. The van der Waals surface area contributed by atoms with Gasteiger partial charge in [-0.15, -0.1) is 0 Å². The number of rotatable bonds is 7. The van der Waals surface area contributed by atoms with Crippen LogP contribution in [-0.2, 0) is 16.1 Å². The van der Waals surface area contributed by atoms with Crippen LogP contribution in [0.25, 0.3) is 6.08 Å². The van der Waals surface area contributed by atoms with Crippen LogP contribution in [0.4, 0.5) is 0 Å². The van der Waals surface area contributed by atoms with E-state index in [-0.39, 0.29) is 6.61 Å². The molecule has 0 bridgehead atoms. The number of hydrogen-bond acceptors (Lipinski definition) is 5. The molecule has 0 aliphatic carbocycles. The SMILES string of the molecule is CCOc1c(Cl)cc(/C=C/C(=O)OCc2ccccc2C#N)cc1OC. The zero-order valence-electron chi connectivity index (χ0n) is 14.5. The predicted molar refractivity (Wildman–Crippen MR) is 99.2 cm³/mol. The average Bonchev–Trinajstić information content (AvgIpc) is 2.66. The Labute approximate surface area is 157 Å². The van der Waals surface area contributed by atoms with E-state index < -0.39 is 5.97 Å². The predicted octanol–water partition coefficient (Wildman–Crippen LogP) is 4.38. The normalized spacial score (nSPS) is 10.4. The topological polar surface area (TPSA) is 68.5 Å². The summed E-state index contributed by atoms with van der Waals surface area (Å²) in [4.78, 5) is 11.9. The van der Waals surface area contributed by atoms with Crippen molar-refractivity contribution in [2.75, 3.05) is 13.7 Å². The van der Waals surface area contributed by atoms with Crippen molar-refractivity contribution in [3.63, 3.8) is 0 Å². The second-order valence-corrected chi connectivity index (χ2v) is 5.58. The lowest BCUT2D eigenvalue weighted by Crippen LogP contribution is -2.02. The van der Waals surface area contributed by atoms with E-state index >= 15 is 0 Å². The molecule has 0 heterocycles. The Hall–Kier alpha value is -2.97. The van der Waals surface area contributed by atoms with E-state index in [2.05, 4.69) is 6.07 Å². The van der Waals surface area contributed by atoms with Crippen molar-refractivity contribution < 1.29 is 19.0 Å². The first-order chi connectivity index (χ1) is 12.6. The van der Waals surface area contributed by atoms with Gasteiger partial charge in [0, 0.05) is 11.6 Å². The van der Waals surface area contributed by atoms with Crippen LogP contribution in [0.15, 0.2) is 42.5 Å². The summed E-state index contributed by atoms with van der Waals surface area (Å²) in [6.07, 6.45) is 2.86. The van der Waals surface area contributed by atoms with Crippen LogP contribution in [0, 0.1) is 11.3 Å². The van der Waals surface area contributed by atoms with Crippen LogP contribution < -0.4 is 9.47 Å². The molecule has 134 valence electrons. The summed E-state index contributed by atoms with van der Waals surface area (Å²) in [6, 6.07) is 12.4. The third-order valence-corrected chi connectivity index (χ3v) is 3.74. The van der Waals surface area contributed by atoms with Crippen molar-refractivity contribution in [2.24, 2.45) is 0 Å². The van der Waals surface area contributed by atoms with Gasteiger partial charge in [0.05, 0.1) is 30.4 Å². The molecular weight excluding hydrogens is 354 g/mol. The number of hydrogen-bond donors (Lipinski definition) is 0. The van der Waals surface area contributed by atoms with Gasteiger partial charge in [0.2, 0.25) is 0 Å². The van der Waals surface area contributed by atoms with E-state index in [1.54, 1.807) is 42.5 Å². The van der Waals surface area contributed by atoms with E-state index in [4.69, 9.17) is 31.1 Å². The Balaban J connectivity index is 2.06. The van der Waals surface area contributed by atoms with Gasteiger partial charge < -0.3 is 14.2 Å². The number of methoxy groups -OCH3 is 1. The number of esters is 1. The minimum atomic E-state index is -0.526. The molecule has 0 fully saturated rings. The van der Waals surface area contributed by atoms with Crippen molar-refractivity contribution in [1.29, 1.82) is 5.26 Å². The minimum Gasteiger partial charge on any atom is -0.493 e. The lowest BCUT2D eigenvalue weighted by Gasteiger charge is -2.11. The monoisotopic (exact) mass is 371 g/mol. The Morgan fingerprint density at radius 1 is 1.31 bits per heavy atom. The summed E-state index contributed by atoms with van der Waals surface area (Å²) in [5, 5.41) is 9.42. The van der Waals surface area contributed by atoms with Gasteiger partial charge in [-0.3, -0.25) is 0 Å². The fraction of sp³-hybridized carbons (Fsp3) is 0.200. The maximum atomic E-state index is 11.9. The molecule has 0 radical (unpaired) electrons. The molecule has 2 rings (SSSR count). The summed E-state index contributed by atoms with van der Waals surface area (Å²) in [7, 11) is 1.52. The Morgan fingerprint density at radius 3 is 2.77 bits per heavy atom. The maximum absolute atomic E-state index is 11.9. The van der Waals surface area contributed by atoms with Gasteiger partial charge in [0.25, 0.3) is 0 Å². The van der Waals surface area contributed by atoms with Gasteiger partial charge in [-0.2, -0.15) is 5.26 Å². The zero-order valence-corrected chi connectivity index (χ0v) is 15.2. The highest BCUT2D eigenvalue weighted by Crippen LogP contribution is 2.36. The molecule has 0 atom stereocenters. The molecule has 0 saturated heterocycles. The molecule has 0 saturated carbocycles. The molecule has 2 aromatic carbocycles. The van der Waals surface area contributed by atoms with Crippen LogP contribution in [0.2, 0.25) is 5.02 Å². The second kappa shape index (κ2) is 9.50. The van der Waals surface area contributed by atoms with Crippen LogP contribution in [-0.4, -0.2) is 19.7 Å². The summed E-state index contributed by atoms with van der Waals surface area (Å²) in [6.45, 7) is 2.34. The smallest absolute Gasteiger partial charge is 0.331 e. The molecule has 0 spiro atoms. The van der Waals surface area contributed by atoms with Gasteiger partial charge in [-0.1, -0.05) is 29.8 Å². The average molecular weight is 372 g/mol. The molecule has 0 aromatic heterocycles. The Morgan fingerprint density at radius 2 is 2.08 bits per heavy atom. The third kappa shape index (κ3) is 5.01. The number of benzene rings is 2. The first kappa shape index (κ1) is 19.4. The van der Waals surface area contributed by atoms with Crippen LogP contribution in [0.3, 0.4) is 0 Å². The Kier molecular flexibility index (Phi) is 7.07. The van der Waals surface area contributed by atoms with E-state index in [0.29, 0.717) is 39.8 Å². The molecular formula is C20H18ClNO4. The number of nitrogens with zero attached hydrogens (tertiary/aromatic N) is 1. The summed E-state index contributed by atoms with van der Waals surface area (Å²) >= 11 is 6.20. The largest absolute Gasteiger partial charge is 0.493 e. The zero-order chi connectivity index (χ0) is 18.9. The van der Waals surface area contributed by atoms with Crippen molar-refractivity contribution in [2.45, 2.75) is 13.5 Å². The summed E-state index contributed by atoms with van der Waals surface area (Å²) in [5.41, 5.74) is 1.81. The molecule has 0 unspecified atom stereocenters. The number of halogens is 1. The van der Waals surface area contributed by atoms with Gasteiger partial charge in [0.1, 0.15) is 6.61 Å². The molecule has 0 amide bonds. The first-order valence-corrected chi connectivity index (χ1v) is 8.30. The molecule has 5 nitrogen and oxygen atoms in total. The number of ether oxygens (including phenoxy) is 3. The van der Waals surface area contributed by atoms with E-state index in [9.17, 15) is 4.79 Å². The molecule has 2 aromatic rings. The first-order valence-electron chi connectivity index (χ1n) is 7.92. The summed E-state index contributed by atoms with van der Waals surface area (Å²) in [5.74, 6) is 0.418. The van der Waals surface area contributed by atoms with Crippen LogP contribution in [0.5, 0.6) is 11.5 Å². The lowest BCUT2D eigenvalue weighted by molar-refractivity contribution is -0.138. The van der Waals surface area contributed by atoms with E-state index in [1.807, 2.05) is 6.92 Å². The van der Waals surface area contributed by atoms with Crippen molar-refractivity contribution in [3.05, 3.63) is 64.2 Å². The molecule has 6 heteroatoms. The van der Waals surface area contributed by atoms with Gasteiger partial charge in [-0.05, 0) is 36.8 Å². The fourth-order valence-corrected chi connectivity index (χ4v) is 2.51. The second-order valence-electron chi connectivity index (χ2n) is 5.18. The minimum absolute atomic E-state index is 0.0280. The van der Waals surface area contributed by atoms with Crippen molar-refractivity contribution in [3.8, 4) is 17.6 Å². The van der Waals surface area contributed by atoms with Crippen molar-refractivity contribution >= 4 is 23.6 Å². The lowest BCUT2D eigenvalue weighted by atomic mass is 10.1. The summed E-state index contributed by atoms with van der Waals surface area (Å²) < 4.78 is 15.9. The van der Waals surface area contributed by atoms with Gasteiger partial charge >= 0.3 is 5.97 Å². The van der Waals surface area contributed by atoms with Gasteiger partial charge in [-0.25, -0.2) is 4.79 Å². The number of carbonyl (C=O) groups excluding carboxylic acids is 1. The standard InChI is InChI=1S/C20H18ClNO4/c1-3-25-20-17(21)10-14(11-18(20)24-2)8-9-19(23)26-13-16-7-5-4-6-15(16)12-22/h4-11H,3,13H2,1-2H3/b9-8+. The fourth-order valence-electron chi connectivity index (χ4n) is 2.24.